The molecule has 5 nitrogen and oxygen atoms in total. The maximum atomic E-state index is 11.9. The summed E-state index contributed by atoms with van der Waals surface area (Å²) in [6.07, 6.45) is 0.981. The van der Waals surface area contributed by atoms with Crippen LogP contribution in [0.2, 0.25) is 0 Å². The maximum absolute atomic E-state index is 11.9. The van der Waals surface area contributed by atoms with Crippen LogP contribution in [-0.2, 0) is 11.2 Å². The minimum atomic E-state index is -0.844. The molecule has 1 aromatic carbocycles. The Balaban J connectivity index is 2.21. The van der Waals surface area contributed by atoms with E-state index in [-0.39, 0.29) is 6.04 Å². The molecule has 0 aliphatic carbocycles. The predicted octanol–water partition coefficient (Wildman–Crippen LogP) is 2.57. The van der Waals surface area contributed by atoms with E-state index in [9.17, 15) is 9.59 Å². The van der Waals surface area contributed by atoms with E-state index in [1.54, 1.807) is 18.3 Å². The van der Waals surface area contributed by atoms with Gasteiger partial charge in [-0.05, 0) is 35.9 Å². The van der Waals surface area contributed by atoms with Gasteiger partial charge in [-0.25, -0.2) is 4.79 Å². The summed E-state index contributed by atoms with van der Waals surface area (Å²) in [4.78, 5) is 23.9. The highest BCUT2D eigenvalue weighted by atomic mass is 32.1. The normalized spacial score (nSPS) is 13.3. The van der Waals surface area contributed by atoms with Crippen LogP contribution < -0.4 is 16.4 Å². The maximum Gasteiger partial charge on any atom is 0.318 e. The Kier molecular flexibility index (Phi) is 5.90. The van der Waals surface area contributed by atoms with Crippen LogP contribution >= 0.6 is 11.3 Å². The van der Waals surface area contributed by atoms with Crippen LogP contribution in [0.3, 0.4) is 0 Å². The number of hydrogen-bond acceptors (Lipinski definition) is 4. The molecule has 0 saturated heterocycles. The summed E-state index contributed by atoms with van der Waals surface area (Å²) in [6, 6.07) is 10.8. The third-order valence-electron chi connectivity index (χ3n) is 3.61. The van der Waals surface area contributed by atoms with Crippen LogP contribution in [0.1, 0.15) is 35.9 Å². The summed E-state index contributed by atoms with van der Waals surface area (Å²) >= 11 is 1.62. The lowest BCUT2D eigenvalue weighted by Crippen LogP contribution is -2.47. The fraction of sp³-hybridized carbons (Fsp3) is 0.294. The molecule has 0 fully saturated rings. The van der Waals surface area contributed by atoms with Gasteiger partial charge in [-0.2, -0.15) is 0 Å². The molecule has 2 atom stereocenters. The number of thiophene rings is 1. The van der Waals surface area contributed by atoms with E-state index in [0.29, 0.717) is 0 Å². The van der Waals surface area contributed by atoms with Gasteiger partial charge in [0.15, 0.2) is 0 Å². The monoisotopic (exact) mass is 331 g/mol. The largest absolute Gasteiger partial charge is 0.351 e. The topological polar surface area (TPSA) is 84.2 Å². The summed E-state index contributed by atoms with van der Waals surface area (Å²) in [5.41, 5.74) is 7.34. The molecule has 4 N–H and O–H groups in total. The zero-order valence-corrected chi connectivity index (χ0v) is 14.0. The lowest BCUT2D eigenvalue weighted by atomic mass is 10.0. The van der Waals surface area contributed by atoms with Crippen LogP contribution in [0.15, 0.2) is 41.8 Å². The molecule has 1 heterocycles. The Morgan fingerprint density at radius 3 is 2.43 bits per heavy atom. The third-order valence-corrected chi connectivity index (χ3v) is 4.54. The van der Waals surface area contributed by atoms with Gasteiger partial charge >= 0.3 is 6.03 Å². The molecule has 6 heteroatoms. The van der Waals surface area contributed by atoms with E-state index in [4.69, 9.17) is 5.73 Å². The van der Waals surface area contributed by atoms with Gasteiger partial charge in [-0.15, -0.1) is 11.3 Å². The predicted molar refractivity (Wildman–Crippen MR) is 92.3 cm³/mol. The van der Waals surface area contributed by atoms with E-state index >= 15 is 0 Å². The number of carbonyl (C=O) groups excluding carboxylic acids is 2. The van der Waals surface area contributed by atoms with Crippen molar-refractivity contribution in [3.05, 3.63) is 57.8 Å². The fourth-order valence-electron chi connectivity index (χ4n) is 2.30. The minimum Gasteiger partial charge on any atom is -0.351 e. The number of rotatable bonds is 6. The number of urea groups is 1. The van der Waals surface area contributed by atoms with Crippen LogP contribution in [0, 0.1) is 0 Å². The van der Waals surface area contributed by atoms with E-state index in [0.717, 1.165) is 16.9 Å². The molecule has 122 valence electrons. The van der Waals surface area contributed by atoms with Gasteiger partial charge in [0.2, 0.25) is 5.91 Å². The second-order valence-electron chi connectivity index (χ2n) is 5.29. The number of imide groups is 1. The first-order valence-corrected chi connectivity index (χ1v) is 8.37. The molecular weight excluding hydrogens is 310 g/mol. The minimum absolute atomic E-state index is 0.116. The van der Waals surface area contributed by atoms with Crippen LogP contribution in [0.25, 0.3) is 0 Å². The summed E-state index contributed by atoms with van der Waals surface area (Å²) in [5.74, 6) is -0.441. The van der Waals surface area contributed by atoms with E-state index in [1.807, 2.05) is 17.5 Å². The van der Waals surface area contributed by atoms with E-state index < -0.39 is 18.0 Å². The van der Waals surface area contributed by atoms with Crippen molar-refractivity contribution in [1.82, 2.24) is 10.6 Å². The molecular formula is C17H21N3O2S. The molecule has 0 spiro atoms. The molecule has 1 aromatic heterocycles. The molecule has 3 amide bonds. The molecule has 0 aliphatic heterocycles. The molecule has 0 bridgehead atoms. The second kappa shape index (κ2) is 7.89. The second-order valence-corrected chi connectivity index (χ2v) is 6.26. The molecule has 2 rings (SSSR count). The molecule has 0 unspecified atom stereocenters. The number of hydrogen-bond donors (Lipinski definition) is 3. The molecule has 23 heavy (non-hydrogen) atoms. The van der Waals surface area contributed by atoms with Gasteiger partial charge in [0.25, 0.3) is 0 Å². The van der Waals surface area contributed by atoms with Gasteiger partial charge < -0.3 is 5.73 Å². The number of nitrogens with two attached hydrogens (primary N) is 1. The van der Waals surface area contributed by atoms with Gasteiger partial charge in [-0.3, -0.25) is 15.4 Å². The lowest BCUT2D eigenvalue weighted by molar-refractivity contribution is -0.121. The van der Waals surface area contributed by atoms with Crippen molar-refractivity contribution >= 4 is 23.3 Å². The number of amides is 3. The van der Waals surface area contributed by atoms with Crippen LogP contribution in [0.5, 0.6) is 0 Å². The summed E-state index contributed by atoms with van der Waals surface area (Å²) < 4.78 is 0. The van der Waals surface area contributed by atoms with Gasteiger partial charge in [0.1, 0.15) is 0 Å². The van der Waals surface area contributed by atoms with Crippen molar-refractivity contribution in [3.63, 3.8) is 0 Å². The number of primary amides is 1. The van der Waals surface area contributed by atoms with E-state index in [1.165, 1.54) is 5.56 Å². The van der Waals surface area contributed by atoms with Gasteiger partial charge in [-0.1, -0.05) is 37.3 Å². The number of benzene rings is 1. The van der Waals surface area contributed by atoms with Crippen molar-refractivity contribution in [2.75, 3.05) is 0 Å². The number of nitrogens with one attached hydrogen (secondary N) is 2. The van der Waals surface area contributed by atoms with Gasteiger partial charge in [0.05, 0.1) is 12.1 Å². The standard InChI is InChI=1S/C17H21N3O2S/c1-3-12-6-8-13(9-7-12)15(14-5-4-10-23-14)19-11(2)16(21)20-17(18)22/h4-11,15,19H,3H2,1-2H3,(H3,18,20,21,22)/t11-,15-/m0/s1. The molecule has 0 aliphatic rings. The zero-order valence-electron chi connectivity index (χ0n) is 13.2. The summed E-state index contributed by atoms with van der Waals surface area (Å²) in [6.45, 7) is 3.82. The van der Waals surface area contributed by atoms with Crippen molar-refractivity contribution in [2.45, 2.75) is 32.4 Å². The van der Waals surface area contributed by atoms with Crippen molar-refractivity contribution in [2.24, 2.45) is 5.73 Å². The number of carbonyl (C=O) groups is 2. The zero-order chi connectivity index (χ0) is 16.8. The van der Waals surface area contributed by atoms with Crippen LogP contribution in [-0.4, -0.2) is 18.0 Å². The lowest BCUT2D eigenvalue weighted by Gasteiger charge is -2.22. The quantitative estimate of drug-likeness (QED) is 0.760. The SMILES string of the molecule is CCc1ccc([C@H](N[C@@H](C)C(=O)NC(N)=O)c2cccs2)cc1. The first-order valence-electron chi connectivity index (χ1n) is 7.49. The third kappa shape index (κ3) is 4.64. The Morgan fingerprint density at radius 1 is 1.22 bits per heavy atom. The molecule has 0 saturated carbocycles. The fourth-order valence-corrected chi connectivity index (χ4v) is 3.11. The van der Waals surface area contributed by atoms with Crippen molar-refractivity contribution < 1.29 is 9.59 Å². The average Bonchev–Trinajstić information content (AvgIpc) is 3.06. The summed E-state index contributed by atoms with van der Waals surface area (Å²) in [5, 5.41) is 7.37. The first-order chi connectivity index (χ1) is 11.0. The van der Waals surface area contributed by atoms with Crippen molar-refractivity contribution in [1.29, 1.82) is 0 Å². The van der Waals surface area contributed by atoms with Crippen LogP contribution in [0.4, 0.5) is 4.79 Å². The van der Waals surface area contributed by atoms with E-state index in [2.05, 4.69) is 41.8 Å². The highest BCUT2D eigenvalue weighted by Gasteiger charge is 2.22. The highest BCUT2D eigenvalue weighted by molar-refractivity contribution is 7.10. The first kappa shape index (κ1) is 17.2. The Bertz CT molecular complexity index is 653. The Morgan fingerprint density at radius 2 is 1.91 bits per heavy atom. The molecule has 2 aromatic rings. The average molecular weight is 331 g/mol. The number of aryl methyl sites for hydroxylation is 1. The summed E-state index contributed by atoms with van der Waals surface area (Å²) in [7, 11) is 0. The molecule has 0 radical (unpaired) electrons. The van der Waals surface area contributed by atoms with Crippen molar-refractivity contribution in [3.8, 4) is 0 Å². The Labute approximate surface area is 139 Å². The van der Waals surface area contributed by atoms with Gasteiger partial charge in [0, 0.05) is 4.88 Å². The Hall–Kier alpha value is -2.18. The smallest absolute Gasteiger partial charge is 0.318 e. The highest BCUT2D eigenvalue weighted by Crippen LogP contribution is 2.27.